The maximum absolute atomic E-state index is 4.47. The average molecular weight is 175 g/mol. The molecule has 0 bridgehead atoms. The third-order valence-corrected chi connectivity index (χ3v) is 3.05. The molecule has 1 aromatic heterocycles. The Morgan fingerprint density at radius 1 is 1.31 bits per heavy atom. The molecule has 1 saturated carbocycles. The number of hydrogen-bond donors (Lipinski definition) is 0. The molecule has 1 aromatic rings. The van der Waals surface area contributed by atoms with Crippen LogP contribution in [-0.4, -0.2) is 23.1 Å². The van der Waals surface area contributed by atoms with Crippen molar-refractivity contribution < 1.29 is 0 Å². The third-order valence-electron chi connectivity index (χ3n) is 3.05. The predicted octanol–water partition coefficient (Wildman–Crippen LogP) is 1.24. The van der Waals surface area contributed by atoms with E-state index in [1.165, 1.54) is 19.5 Å². The van der Waals surface area contributed by atoms with E-state index in [-0.39, 0.29) is 0 Å². The van der Waals surface area contributed by atoms with Crippen LogP contribution in [0, 0.1) is 18.8 Å². The molecular formula is C10H13N3. The van der Waals surface area contributed by atoms with E-state index in [1.54, 1.807) is 6.20 Å². The zero-order chi connectivity index (χ0) is 8.84. The first-order valence-electron chi connectivity index (χ1n) is 4.86. The van der Waals surface area contributed by atoms with Crippen molar-refractivity contribution in [2.75, 3.05) is 18.0 Å². The molecule has 2 heterocycles. The van der Waals surface area contributed by atoms with Gasteiger partial charge in [-0.3, -0.25) is 4.98 Å². The summed E-state index contributed by atoms with van der Waals surface area (Å²) in [5.41, 5.74) is 1.01. The molecule has 2 atom stereocenters. The summed E-state index contributed by atoms with van der Waals surface area (Å²) in [6.45, 7) is 4.39. The summed E-state index contributed by atoms with van der Waals surface area (Å²) < 4.78 is 0. The Labute approximate surface area is 77.8 Å². The SMILES string of the molecule is Cc1cncc(N2CC3CC3C2)n1. The van der Waals surface area contributed by atoms with Crippen LogP contribution in [-0.2, 0) is 0 Å². The van der Waals surface area contributed by atoms with E-state index in [1.807, 2.05) is 13.1 Å². The third kappa shape index (κ3) is 1.19. The van der Waals surface area contributed by atoms with Crippen LogP contribution in [0.4, 0.5) is 5.82 Å². The molecule has 0 N–H and O–H groups in total. The fraction of sp³-hybridized carbons (Fsp3) is 0.600. The molecular weight excluding hydrogens is 162 g/mol. The largest absolute Gasteiger partial charge is 0.355 e. The molecule has 68 valence electrons. The molecule has 0 aromatic carbocycles. The first-order chi connectivity index (χ1) is 6.33. The highest BCUT2D eigenvalue weighted by molar-refractivity contribution is 5.39. The quantitative estimate of drug-likeness (QED) is 0.643. The molecule has 1 aliphatic heterocycles. The van der Waals surface area contributed by atoms with Crippen molar-refractivity contribution in [1.29, 1.82) is 0 Å². The molecule has 3 nitrogen and oxygen atoms in total. The molecule has 1 saturated heterocycles. The van der Waals surface area contributed by atoms with Crippen molar-refractivity contribution in [3.8, 4) is 0 Å². The van der Waals surface area contributed by atoms with Gasteiger partial charge in [0.05, 0.1) is 11.9 Å². The number of fused-ring (bicyclic) bond motifs is 1. The van der Waals surface area contributed by atoms with Gasteiger partial charge in [0.15, 0.2) is 0 Å². The highest BCUT2D eigenvalue weighted by Crippen LogP contribution is 2.45. The molecule has 3 rings (SSSR count). The molecule has 0 radical (unpaired) electrons. The van der Waals surface area contributed by atoms with Crippen molar-refractivity contribution in [1.82, 2.24) is 9.97 Å². The second-order valence-corrected chi connectivity index (χ2v) is 4.18. The van der Waals surface area contributed by atoms with E-state index < -0.39 is 0 Å². The van der Waals surface area contributed by atoms with Crippen LogP contribution in [0.3, 0.4) is 0 Å². The van der Waals surface area contributed by atoms with Gasteiger partial charge in [-0.05, 0) is 25.2 Å². The van der Waals surface area contributed by atoms with Gasteiger partial charge in [-0.2, -0.15) is 0 Å². The fourth-order valence-electron chi connectivity index (χ4n) is 2.19. The van der Waals surface area contributed by atoms with Gasteiger partial charge >= 0.3 is 0 Å². The Hall–Kier alpha value is -1.12. The Morgan fingerprint density at radius 2 is 2.08 bits per heavy atom. The fourth-order valence-corrected chi connectivity index (χ4v) is 2.19. The van der Waals surface area contributed by atoms with Crippen molar-refractivity contribution in [2.24, 2.45) is 11.8 Å². The van der Waals surface area contributed by atoms with Crippen molar-refractivity contribution in [2.45, 2.75) is 13.3 Å². The summed E-state index contributed by atoms with van der Waals surface area (Å²) in [7, 11) is 0. The molecule has 2 unspecified atom stereocenters. The molecule has 3 heteroatoms. The number of rotatable bonds is 1. The smallest absolute Gasteiger partial charge is 0.147 e. The van der Waals surface area contributed by atoms with Gasteiger partial charge in [0.1, 0.15) is 5.82 Å². The van der Waals surface area contributed by atoms with E-state index in [0.29, 0.717) is 0 Å². The predicted molar refractivity (Wildman–Crippen MR) is 50.6 cm³/mol. The maximum Gasteiger partial charge on any atom is 0.147 e. The zero-order valence-corrected chi connectivity index (χ0v) is 7.77. The Kier molecular flexibility index (Phi) is 1.37. The van der Waals surface area contributed by atoms with Crippen LogP contribution in [0.15, 0.2) is 12.4 Å². The van der Waals surface area contributed by atoms with Crippen LogP contribution in [0.25, 0.3) is 0 Å². The number of aryl methyl sites for hydroxylation is 1. The molecule has 1 aliphatic carbocycles. The summed E-state index contributed by atoms with van der Waals surface area (Å²) >= 11 is 0. The topological polar surface area (TPSA) is 29.0 Å². The number of piperidine rings is 1. The molecule has 13 heavy (non-hydrogen) atoms. The Morgan fingerprint density at radius 3 is 2.77 bits per heavy atom. The van der Waals surface area contributed by atoms with Crippen LogP contribution < -0.4 is 4.90 Å². The highest BCUT2D eigenvalue weighted by atomic mass is 15.2. The number of hydrogen-bond acceptors (Lipinski definition) is 3. The number of aromatic nitrogens is 2. The van der Waals surface area contributed by atoms with E-state index in [9.17, 15) is 0 Å². The van der Waals surface area contributed by atoms with Gasteiger partial charge in [0.25, 0.3) is 0 Å². The van der Waals surface area contributed by atoms with E-state index >= 15 is 0 Å². The summed E-state index contributed by atoms with van der Waals surface area (Å²) in [4.78, 5) is 11.0. The van der Waals surface area contributed by atoms with Gasteiger partial charge in [-0.25, -0.2) is 4.98 Å². The number of anilines is 1. The lowest BCUT2D eigenvalue weighted by molar-refractivity contribution is 0.798. The first kappa shape index (κ1) is 7.30. The van der Waals surface area contributed by atoms with Crippen LogP contribution in [0.2, 0.25) is 0 Å². The molecule has 0 spiro atoms. The lowest BCUT2D eigenvalue weighted by Crippen LogP contribution is -2.23. The average Bonchev–Trinajstić information content (AvgIpc) is 2.74. The Balaban J connectivity index is 1.84. The minimum atomic E-state index is 0.960. The second kappa shape index (κ2) is 2.44. The van der Waals surface area contributed by atoms with Crippen LogP contribution >= 0.6 is 0 Å². The van der Waals surface area contributed by atoms with Crippen LogP contribution in [0.1, 0.15) is 12.1 Å². The number of nitrogens with zero attached hydrogens (tertiary/aromatic N) is 3. The van der Waals surface area contributed by atoms with Gasteiger partial charge in [0.2, 0.25) is 0 Å². The first-order valence-corrected chi connectivity index (χ1v) is 4.86. The van der Waals surface area contributed by atoms with Crippen molar-refractivity contribution in [3.63, 3.8) is 0 Å². The summed E-state index contributed by atoms with van der Waals surface area (Å²) in [5, 5.41) is 0. The molecule has 2 aliphatic rings. The van der Waals surface area contributed by atoms with Gasteiger partial charge < -0.3 is 4.90 Å². The second-order valence-electron chi connectivity index (χ2n) is 4.18. The lowest BCUT2D eigenvalue weighted by Gasteiger charge is -2.18. The van der Waals surface area contributed by atoms with Crippen molar-refractivity contribution in [3.05, 3.63) is 18.1 Å². The standard InChI is InChI=1S/C10H13N3/c1-7-3-11-4-10(12-7)13-5-8-2-9(8)6-13/h3-4,8-9H,2,5-6H2,1H3. The van der Waals surface area contributed by atoms with Crippen molar-refractivity contribution >= 4 is 5.82 Å². The summed E-state index contributed by atoms with van der Waals surface area (Å²) in [6, 6.07) is 0. The van der Waals surface area contributed by atoms with E-state index in [0.717, 1.165) is 23.3 Å². The lowest BCUT2D eigenvalue weighted by atomic mass is 10.4. The normalized spacial score (nSPS) is 30.4. The Bertz CT molecular complexity index is 327. The van der Waals surface area contributed by atoms with Gasteiger partial charge in [0, 0.05) is 19.3 Å². The van der Waals surface area contributed by atoms with E-state index in [2.05, 4.69) is 14.9 Å². The highest BCUT2D eigenvalue weighted by Gasteiger charge is 2.45. The molecule has 0 amide bonds. The molecule has 2 fully saturated rings. The summed E-state index contributed by atoms with van der Waals surface area (Å²) in [5.74, 6) is 2.98. The monoisotopic (exact) mass is 175 g/mol. The zero-order valence-electron chi connectivity index (χ0n) is 7.77. The summed E-state index contributed by atoms with van der Waals surface area (Å²) in [6.07, 6.45) is 5.12. The minimum absolute atomic E-state index is 0.960. The van der Waals surface area contributed by atoms with Gasteiger partial charge in [-0.15, -0.1) is 0 Å². The van der Waals surface area contributed by atoms with E-state index in [4.69, 9.17) is 0 Å². The minimum Gasteiger partial charge on any atom is -0.355 e. The maximum atomic E-state index is 4.47. The van der Waals surface area contributed by atoms with Crippen LogP contribution in [0.5, 0.6) is 0 Å². The van der Waals surface area contributed by atoms with Gasteiger partial charge in [-0.1, -0.05) is 0 Å².